The Hall–Kier alpha value is -0.910. The summed E-state index contributed by atoms with van der Waals surface area (Å²) >= 11 is 23.7. The molecule has 0 atom stereocenters. The Bertz CT molecular complexity index is 621. The minimum Gasteiger partial charge on any atom is -0.436 e. The molecule has 0 aliphatic rings. The standard InChI is InChI=1S/C11H7Cl4N3O/c12-5-2-1-3-8(9(5)15)19-11-7(14)4-6(13)10(17-11)18-16/h1-4H,16H2,(H,17,18). The maximum atomic E-state index is 6.01. The predicted octanol–water partition coefficient (Wildman–Crippen LogP) is 4.77. The van der Waals surface area contributed by atoms with Crippen molar-refractivity contribution in [3.05, 3.63) is 44.4 Å². The molecule has 0 unspecified atom stereocenters. The maximum absolute atomic E-state index is 6.01. The molecule has 2 aromatic rings. The Labute approximate surface area is 129 Å². The van der Waals surface area contributed by atoms with Crippen LogP contribution in [0.5, 0.6) is 11.6 Å². The zero-order chi connectivity index (χ0) is 14.0. The third kappa shape index (κ3) is 3.16. The van der Waals surface area contributed by atoms with Crippen LogP contribution >= 0.6 is 46.4 Å². The van der Waals surface area contributed by atoms with Crippen molar-refractivity contribution in [2.24, 2.45) is 5.84 Å². The van der Waals surface area contributed by atoms with Gasteiger partial charge in [0.1, 0.15) is 15.8 Å². The van der Waals surface area contributed by atoms with E-state index in [0.717, 1.165) is 0 Å². The van der Waals surface area contributed by atoms with E-state index in [9.17, 15) is 0 Å². The quantitative estimate of drug-likeness (QED) is 0.625. The normalized spacial score (nSPS) is 10.4. The van der Waals surface area contributed by atoms with Gasteiger partial charge in [-0.3, -0.25) is 0 Å². The van der Waals surface area contributed by atoms with Crippen LogP contribution in [0.4, 0.5) is 5.82 Å². The number of halogens is 4. The van der Waals surface area contributed by atoms with Gasteiger partial charge in [-0.25, -0.2) is 5.84 Å². The minimum atomic E-state index is 0.114. The van der Waals surface area contributed by atoms with Crippen molar-refractivity contribution in [1.82, 2.24) is 4.98 Å². The van der Waals surface area contributed by atoms with E-state index < -0.39 is 0 Å². The summed E-state index contributed by atoms with van der Waals surface area (Å²) in [6.07, 6.45) is 0. The molecule has 0 spiro atoms. The molecule has 100 valence electrons. The number of nitrogens with two attached hydrogens (primary N) is 1. The van der Waals surface area contributed by atoms with Gasteiger partial charge in [-0.2, -0.15) is 4.98 Å². The second-order valence-corrected chi connectivity index (χ2v) is 5.00. The summed E-state index contributed by atoms with van der Waals surface area (Å²) in [5, 5.41) is 1.12. The number of benzene rings is 1. The first-order chi connectivity index (χ1) is 9.02. The summed E-state index contributed by atoms with van der Waals surface area (Å²) in [5.74, 6) is 5.95. The number of hydrazine groups is 1. The first-order valence-corrected chi connectivity index (χ1v) is 6.48. The van der Waals surface area contributed by atoms with Crippen molar-refractivity contribution >= 4 is 52.2 Å². The number of nitrogens with one attached hydrogen (secondary N) is 1. The average Bonchev–Trinajstić information content (AvgIpc) is 2.38. The molecule has 0 aliphatic heterocycles. The van der Waals surface area contributed by atoms with Crippen LogP contribution in [0.2, 0.25) is 20.1 Å². The molecule has 1 aromatic carbocycles. The van der Waals surface area contributed by atoms with Crippen molar-refractivity contribution in [3.63, 3.8) is 0 Å². The van der Waals surface area contributed by atoms with Crippen molar-refractivity contribution in [2.45, 2.75) is 0 Å². The second kappa shape index (κ2) is 6.03. The van der Waals surface area contributed by atoms with Gasteiger partial charge in [0, 0.05) is 0 Å². The van der Waals surface area contributed by atoms with Crippen LogP contribution in [-0.4, -0.2) is 4.98 Å². The fraction of sp³-hybridized carbons (Fsp3) is 0. The molecule has 3 N–H and O–H groups in total. The third-order valence-electron chi connectivity index (χ3n) is 2.16. The average molecular weight is 339 g/mol. The molecule has 8 heteroatoms. The first-order valence-electron chi connectivity index (χ1n) is 4.97. The van der Waals surface area contributed by atoms with Gasteiger partial charge < -0.3 is 10.2 Å². The summed E-state index contributed by atoms with van der Waals surface area (Å²) in [5.41, 5.74) is 2.33. The van der Waals surface area contributed by atoms with Gasteiger partial charge in [-0.1, -0.05) is 52.5 Å². The number of hydrogen-bond acceptors (Lipinski definition) is 4. The molecule has 0 aliphatic carbocycles. The van der Waals surface area contributed by atoms with Crippen molar-refractivity contribution in [2.75, 3.05) is 5.43 Å². The summed E-state index contributed by atoms with van der Waals surface area (Å²) in [7, 11) is 0. The second-order valence-electron chi connectivity index (χ2n) is 3.40. The highest BCUT2D eigenvalue weighted by molar-refractivity contribution is 6.43. The highest BCUT2D eigenvalue weighted by Gasteiger charge is 2.13. The highest BCUT2D eigenvalue weighted by Crippen LogP contribution is 2.38. The molecule has 0 saturated heterocycles. The molecule has 0 radical (unpaired) electrons. The number of nitrogen functional groups attached to an aromatic ring is 1. The van der Waals surface area contributed by atoms with E-state index in [2.05, 4.69) is 10.4 Å². The highest BCUT2D eigenvalue weighted by atomic mass is 35.5. The summed E-state index contributed by atoms with van der Waals surface area (Å²) in [6, 6.07) is 6.42. The van der Waals surface area contributed by atoms with E-state index >= 15 is 0 Å². The van der Waals surface area contributed by atoms with Crippen molar-refractivity contribution in [1.29, 1.82) is 0 Å². The van der Waals surface area contributed by atoms with Gasteiger partial charge >= 0.3 is 0 Å². The zero-order valence-corrected chi connectivity index (χ0v) is 12.3. The molecule has 19 heavy (non-hydrogen) atoms. The lowest BCUT2D eigenvalue weighted by molar-refractivity contribution is 0.464. The lowest BCUT2D eigenvalue weighted by Gasteiger charge is -2.11. The molecule has 0 amide bonds. The Morgan fingerprint density at radius 1 is 1.05 bits per heavy atom. The lowest BCUT2D eigenvalue weighted by atomic mass is 10.3. The van der Waals surface area contributed by atoms with Crippen LogP contribution in [0.3, 0.4) is 0 Å². The van der Waals surface area contributed by atoms with Crippen LogP contribution in [0.15, 0.2) is 24.3 Å². The molecule has 4 nitrogen and oxygen atoms in total. The van der Waals surface area contributed by atoms with E-state index in [1.165, 1.54) is 6.07 Å². The lowest BCUT2D eigenvalue weighted by Crippen LogP contribution is -2.09. The smallest absolute Gasteiger partial charge is 0.240 e. The van der Waals surface area contributed by atoms with Gasteiger partial charge in [0.25, 0.3) is 0 Å². The van der Waals surface area contributed by atoms with E-state index in [4.69, 9.17) is 57.0 Å². The van der Waals surface area contributed by atoms with Crippen LogP contribution in [0.25, 0.3) is 0 Å². The van der Waals surface area contributed by atoms with Crippen molar-refractivity contribution < 1.29 is 4.74 Å². The minimum absolute atomic E-state index is 0.114. The molecule has 1 heterocycles. The van der Waals surface area contributed by atoms with Gasteiger partial charge in [0.15, 0.2) is 5.82 Å². The number of hydrogen-bond donors (Lipinski definition) is 2. The number of aromatic nitrogens is 1. The number of rotatable bonds is 3. The van der Waals surface area contributed by atoms with E-state index in [1.54, 1.807) is 18.2 Å². The third-order valence-corrected chi connectivity index (χ3v) is 3.52. The Balaban J connectivity index is 2.41. The molecule has 2 rings (SSSR count). The van der Waals surface area contributed by atoms with Gasteiger partial charge in [0.2, 0.25) is 5.88 Å². The SMILES string of the molecule is NNc1nc(Oc2cccc(Cl)c2Cl)c(Cl)cc1Cl. The number of pyridine rings is 1. The van der Waals surface area contributed by atoms with Crippen LogP contribution in [0, 0.1) is 0 Å². The fourth-order valence-electron chi connectivity index (χ4n) is 1.29. The largest absolute Gasteiger partial charge is 0.436 e. The predicted molar refractivity (Wildman–Crippen MR) is 78.6 cm³/mol. The molecular formula is C11H7Cl4N3O. The van der Waals surface area contributed by atoms with E-state index in [0.29, 0.717) is 10.8 Å². The van der Waals surface area contributed by atoms with Gasteiger partial charge in [-0.15, -0.1) is 0 Å². The topological polar surface area (TPSA) is 60.2 Å². The summed E-state index contributed by atoms with van der Waals surface area (Å²) in [4.78, 5) is 4.03. The van der Waals surface area contributed by atoms with Crippen LogP contribution in [-0.2, 0) is 0 Å². The molecular weight excluding hydrogens is 332 g/mol. The number of nitrogens with zero attached hydrogens (tertiary/aromatic N) is 1. The van der Waals surface area contributed by atoms with Crippen LogP contribution in [0.1, 0.15) is 0 Å². The van der Waals surface area contributed by atoms with Crippen molar-refractivity contribution in [3.8, 4) is 11.6 Å². The monoisotopic (exact) mass is 337 g/mol. The van der Waals surface area contributed by atoms with Gasteiger partial charge in [0.05, 0.1) is 10.0 Å². The molecule has 0 saturated carbocycles. The molecule has 0 fully saturated rings. The fourth-order valence-corrected chi connectivity index (χ4v) is 2.07. The molecule has 0 bridgehead atoms. The summed E-state index contributed by atoms with van der Waals surface area (Å²) in [6.45, 7) is 0. The number of anilines is 1. The first kappa shape index (κ1) is 14.5. The Morgan fingerprint density at radius 3 is 2.47 bits per heavy atom. The molecule has 1 aromatic heterocycles. The van der Waals surface area contributed by atoms with E-state index in [-0.39, 0.29) is 26.8 Å². The summed E-state index contributed by atoms with van der Waals surface area (Å²) < 4.78 is 5.50. The maximum Gasteiger partial charge on any atom is 0.240 e. The van der Waals surface area contributed by atoms with Crippen LogP contribution < -0.4 is 16.0 Å². The van der Waals surface area contributed by atoms with E-state index in [1.807, 2.05) is 0 Å². The zero-order valence-electron chi connectivity index (χ0n) is 9.25. The number of ether oxygens (including phenoxy) is 1. The Morgan fingerprint density at radius 2 is 1.79 bits per heavy atom. The van der Waals surface area contributed by atoms with Gasteiger partial charge in [-0.05, 0) is 18.2 Å². The Kier molecular flexibility index (Phi) is 4.60.